The lowest BCUT2D eigenvalue weighted by atomic mass is 9.86. The normalized spacial score (nSPS) is 11.6. The van der Waals surface area contributed by atoms with E-state index >= 15 is 0 Å². The van der Waals surface area contributed by atoms with Gasteiger partial charge in [0.2, 0.25) is 0 Å². The van der Waals surface area contributed by atoms with Gasteiger partial charge in [-0.2, -0.15) is 5.21 Å². The van der Waals surface area contributed by atoms with Crippen LogP contribution in [0.1, 0.15) is 63.4 Å². The summed E-state index contributed by atoms with van der Waals surface area (Å²) in [4.78, 5) is 0. The van der Waals surface area contributed by atoms with Crippen LogP contribution >= 0.6 is 0 Å². The summed E-state index contributed by atoms with van der Waals surface area (Å²) >= 11 is 0. The van der Waals surface area contributed by atoms with Gasteiger partial charge in [-0.1, -0.05) is 63.1 Å². The molecule has 0 aliphatic rings. The van der Waals surface area contributed by atoms with Crippen molar-refractivity contribution in [2.24, 2.45) is 0 Å². The van der Waals surface area contributed by atoms with E-state index in [1.165, 1.54) is 0 Å². The molecule has 0 bridgehead atoms. The van der Waals surface area contributed by atoms with Crippen molar-refractivity contribution in [1.29, 1.82) is 0 Å². The summed E-state index contributed by atoms with van der Waals surface area (Å²) in [5, 5.41) is 25.0. The number of phenols is 1. The fraction of sp³-hybridized carbons (Fsp3) is 0.458. The lowest BCUT2D eigenvalue weighted by Gasteiger charge is -2.20. The molecule has 6 nitrogen and oxygen atoms in total. The third-order valence-electron chi connectivity index (χ3n) is 5.65. The summed E-state index contributed by atoms with van der Waals surface area (Å²) in [5.41, 5.74) is 4.10. The maximum absolute atomic E-state index is 10.6. The van der Waals surface area contributed by atoms with Gasteiger partial charge in [0.1, 0.15) is 11.5 Å². The molecule has 1 aromatic heterocycles. The molecule has 160 valence electrons. The van der Waals surface area contributed by atoms with Gasteiger partial charge >= 0.3 is 0 Å². The Morgan fingerprint density at radius 1 is 1.07 bits per heavy atom. The Bertz CT molecular complexity index is 952. The van der Waals surface area contributed by atoms with E-state index in [-0.39, 0.29) is 11.2 Å². The first kappa shape index (κ1) is 21.8. The largest absolute Gasteiger partial charge is 0.507 e. The van der Waals surface area contributed by atoms with Crippen LogP contribution in [0.15, 0.2) is 36.4 Å². The first-order valence-corrected chi connectivity index (χ1v) is 10.7. The van der Waals surface area contributed by atoms with Crippen molar-refractivity contribution >= 4 is 0 Å². The number of benzene rings is 2. The molecule has 30 heavy (non-hydrogen) atoms. The molecule has 0 atom stereocenters. The zero-order valence-electron chi connectivity index (χ0n) is 18.4. The first-order chi connectivity index (χ1) is 14.4. The number of aromatic nitrogens is 4. The van der Waals surface area contributed by atoms with Gasteiger partial charge in [0.05, 0.1) is 6.61 Å². The van der Waals surface area contributed by atoms with Crippen LogP contribution in [-0.2, 0) is 11.8 Å². The number of unbranched alkanes of at least 4 members (excludes halogenated alkanes) is 2. The Morgan fingerprint density at radius 3 is 2.57 bits per heavy atom. The Morgan fingerprint density at radius 2 is 1.87 bits per heavy atom. The van der Waals surface area contributed by atoms with Crippen LogP contribution in [0.4, 0.5) is 0 Å². The van der Waals surface area contributed by atoms with Crippen LogP contribution in [0.25, 0.3) is 11.1 Å². The number of phenolic OH excluding ortho intramolecular Hbond substituents is 1. The van der Waals surface area contributed by atoms with Crippen LogP contribution in [-0.4, -0.2) is 32.3 Å². The SMILES string of the molecule is CCc1cc(-c2ccccc2C)c(O)cc1OCCCCCC(C)(C)c1nn[nH]n1. The summed E-state index contributed by atoms with van der Waals surface area (Å²) in [6.45, 7) is 9.09. The minimum atomic E-state index is -0.0829. The number of tetrazole rings is 1. The molecular weight excluding hydrogens is 376 g/mol. The van der Waals surface area contributed by atoms with Gasteiger partial charge in [-0.25, -0.2) is 0 Å². The maximum atomic E-state index is 10.6. The van der Waals surface area contributed by atoms with Gasteiger partial charge in [-0.15, -0.1) is 10.2 Å². The molecule has 0 aliphatic carbocycles. The minimum Gasteiger partial charge on any atom is -0.507 e. The topological polar surface area (TPSA) is 83.9 Å². The Hall–Kier alpha value is -2.89. The molecule has 0 spiro atoms. The minimum absolute atomic E-state index is 0.0829. The van der Waals surface area contributed by atoms with Gasteiger partial charge in [-0.3, -0.25) is 0 Å². The van der Waals surface area contributed by atoms with Crippen molar-refractivity contribution in [1.82, 2.24) is 20.6 Å². The second kappa shape index (κ2) is 9.74. The van der Waals surface area contributed by atoms with Crippen molar-refractivity contribution in [2.75, 3.05) is 6.61 Å². The predicted molar refractivity (Wildman–Crippen MR) is 119 cm³/mol. The number of aromatic amines is 1. The van der Waals surface area contributed by atoms with Gasteiger partial charge in [0.25, 0.3) is 0 Å². The van der Waals surface area contributed by atoms with E-state index in [1.54, 1.807) is 6.07 Å². The molecule has 3 aromatic rings. The standard InChI is InChI=1S/C24H32N4O2/c1-5-18-15-20(19-12-8-7-11-17(19)2)21(29)16-22(18)30-14-10-6-9-13-24(3,4)23-25-27-28-26-23/h7-8,11-12,15-16,29H,5-6,9-10,13-14H2,1-4H3,(H,25,26,27,28). The second-order valence-corrected chi connectivity index (χ2v) is 8.42. The molecule has 3 rings (SSSR count). The molecule has 0 saturated heterocycles. The molecule has 2 N–H and O–H groups in total. The summed E-state index contributed by atoms with van der Waals surface area (Å²) in [5.74, 6) is 1.80. The monoisotopic (exact) mass is 408 g/mol. The van der Waals surface area contributed by atoms with Crippen molar-refractivity contribution in [2.45, 2.75) is 65.2 Å². The number of hydrogen-bond acceptors (Lipinski definition) is 5. The van der Waals surface area contributed by atoms with E-state index < -0.39 is 0 Å². The average molecular weight is 409 g/mol. The van der Waals surface area contributed by atoms with Crippen LogP contribution in [0.5, 0.6) is 11.5 Å². The molecule has 0 unspecified atom stereocenters. The third-order valence-corrected chi connectivity index (χ3v) is 5.65. The number of nitrogens with one attached hydrogen (secondary N) is 1. The molecule has 0 saturated carbocycles. The zero-order chi connectivity index (χ0) is 21.6. The summed E-state index contributed by atoms with van der Waals surface area (Å²) in [6.07, 6.45) is 4.96. The smallest absolute Gasteiger partial charge is 0.180 e. The number of nitrogens with zero attached hydrogens (tertiary/aromatic N) is 3. The van der Waals surface area contributed by atoms with Gasteiger partial charge in [0, 0.05) is 17.0 Å². The highest BCUT2D eigenvalue weighted by Gasteiger charge is 2.24. The molecule has 6 heteroatoms. The average Bonchev–Trinajstić information content (AvgIpc) is 3.27. The van der Waals surface area contributed by atoms with Crippen LogP contribution in [0, 0.1) is 6.92 Å². The molecule has 0 radical (unpaired) electrons. The number of aryl methyl sites for hydroxylation is 2. The van der Waals surface area contributed by atoms with Gasteiger partial charge < -0.3 is 9.84 Å². The van der Waals surface area contributed by atoms with Crippen molar-refractivity contribution in [3.63, 3.8) is 0 Å². The molecule has 2 aromatic carbocycles. The maximum Gasteiger partial charge on any atom is 0.180 e. The van der Waals surface area contributed by atoms with E-state index in [0.29, 0.717) is 6.61 Å². The number of aromatic hydroxyl groups is 1. The first-order valence-electron chi connectivity index (χ1n) is 10.7. The molecule has 0 amide bonds. The van der Waals surface area contributed by atoms with E-state index in [4.69, 9.17) is 4.74 Å². The summed E-state index contributed by atoms with van der Waals surface area (Å²) < 4.78 is 6.03. The van der Waals surface area contributed by atoms with E-state index in [0.717, 1.165) is 65.9 Å². The van der Waals surface area contributed by atoms with Crippen molar-refractivity contribution < 1.29 is 9.84 Å². The fourth-order valence-electron chi connectivity index (χ4n) is 3.70. The van der Waals surface area contributed by atoms with Crippen LogP contribution in [0.2, 0.25) is 0 Å². The van der Waals surface area contributed by atoms with Gasteiger partial charge in [0.15, 0.2) is 5.82 Å². The number of H-pyrrole nitrogens is 1. The highest BCUT2D eigenvalue weighted by Crippen LogP contribution is 2.37. The quantitative estimate of drug-likeness (QED) is 0.441. The highest BCUT2D eigenvalue weighted by molar-refractivity contribution is 5.75. The Labute approximate surface area is 178 Å². The second-order valence-electron chi connectivity index (χ2n) is 8.42. The third kappa shape index (κ3) is 5.17. The fourth-order valence-corrected chi connectivity index (χ4v) is 3.70. The summed E-state index contributed by atoms with van der Waals surface area (Å²) in [7, 11) is 0. The number of hydrogen-bond donors (Lipinski definition) is 2. The van der Waals surface area contributed by atoms with E-state index in [2.05, 4.69) is 60.5 Å². The predicted octanol–water partition coefficient (Wildman–Crippen LogP) is 5.36. The molecule has 1 heterocycles. The van der Waals surface area contributed by atoms with Crippen molar-refractivity contribution in [3.05, 3.63) is 53.3 Å². The van der Waals surface area contributed by atoms with Crippen LogP contribution in [0.3, 0.4) is 0 Å². The number of rotatable bonds is 10. The Kier molecular flexibility index (Phi) is 7.08. The van der Waals surface area contributed by atoms with Crippen molar-refractivity contribution in [3.8, 4) is 22.6 Å². The Balaban J connectivity index is 1.54. The molecule has 0 fully saturated rings. The number of ether oxygens (including phenoxy) is 1. The summed E-state index contributed by atoms with van der Waals surface area (Å²) in [6, 6.07) is 11.9. The van der Waals surface area contributed by atoms with E-state index in [9.17, 15) is 5.11 Å². The zero-order valence-corrected chi connectivity index (χ0v) is 18.4. The van der Waals surface area contributed by atoms with Gasteiger partial charge in [-0.05, 0) is 48.9 Å². The lowest BCUT2D eigenvalue weighted by molar-refractivity contribution is 0.296. The lowest BCUT2D eigenvalue weighted by Crippen LogP contribution is -2.19. The molecular formula is C24H32N4O2. The molecule has 0 aliphatic heterocycles. The van der Waals surface area contributed by atoms with E-state index in [1.807, 2.05) is 18.2 Å². The van der Waals surface area contributed by atoms with Crippen LogP contribution < -0.4 is 4.74 Å². The highest BCUT2D eigenvalue weighted by atomic mass is 16.5.